The molecule has 0 atom stereocenters. The molecule has 0 aliphatic carbocycles. The summed E-state index contributed by atoms with van der Waals surface area (Å²) in [6.45, 7) is 6.16. The number of hydrogen-bond donors (Lipinski definition) is 1. The summed E-state index contributed by atoms with van der Waals surface area (Å²) in [7, 11) is 0. The van der Waals surface area contributed by atoms with Gasteiger partial charge in [-0.15, -0.1) is 0 Å². The van der Waals surface area contributed by atoms with Gasteiger partial charge in [0.15, 0.2) is 0 Å². The first-order chi connectivity index (χ1) is 5.77. The van der Waals surface area contributed by atoms with Gasteiger partial charge >= 0.3 is 0 Å². The molecule has 1 aliphatic rings. The van der Waals surface area contributed by atoms with Crippen molar-refractivity contribution in [3.8, 4) is 0 Å². The molecule has 12 heavy (non-hydrogen) atoms. The van der Waals surface area contributed by atoms with E-state index < -0.39 is 0 Å². The van der Waals surface area contributed by atoms with Crippen LogP contribution in [-0.2, 0) is 0 Å². The summed E-state index contributed by atoms with van der Waals surface area (Å²) in [6.07, 6.45) is 8.28. The molecular formula is C10H22NS+. The van der Waals surface area contributed by atoms with E-state index in [1.165, 1.54) is 58.2 Å². The Morgan fingerprint density at radius 1 is 1.08 bits per heavy atom. The van der Waals surface area contributed by atoms with Gasteiger partial charge in [0.1, 0.15) is 0 Å². The molecule has 0 aromatic heterocycles. The molecule has 0 aromatic rings. The van der Waals surface area contributed by atoms with Gasteiger partial charge in [0, 0.05) is 12.8 Å². The van der Waals surface area contributed by atoms with Gasteiger partial charge in [0.25, 0.3) is 0 Å². The number of quaternary nitrogens is 1. The first-order valence-electron chi connectivity index (χ1n) is 5.36. The van der Waals surface area contributed by atoms with Gasteiger partial charge in [0.05, 0.1) is 32.4 Å². The first kappa shape index (κ1) is 10.4. The van der Waals surface area contributed by atoms with Crippen LogP contribution in [0, 0.1) is 0 Å². The normalized spacial score (nSPS) is 21.5. The first-order valence-corrected chi connectivity index (χ1v) is 5.76. The van der Waals surface area contributed by atoms with Crippen LogP contribution in [0.2, 0.25) is 0 Å². The minimum Gasteiger partial charge on any atom is -0.264 e. The maximum atomic E-state index is 4.72. The Morgan fingerprint density at radius 2 is 1.75 bits per heavy atom. The average molecular weight is 188 g/mol. The van der Waals surface area contributed by atoms with Crippen LogP contribution in [-0.4, -0.2) is 23.5 Å². The summed E-state index contributed by atoms with van der Waals surface area (Å²) in [5, 5.41) is 0. The molecule has 72 valence electrons. The summed E-state index contributed by atoms with van der Waals surface area (Å²) in [5.74, 6) is 0. The van der Waals surface area contributed by atoms with E-state index in [0.29, 0.717) is 0 Å². The van der Waals surface area contributed by atoms with Gasteiger partial charge in [-0.1, -0.05) is 19.8 Å². The van der Waals surface area contributed by atoms with Crippen molar-refractivity contribution in [3.63, 3.8) is 0 Å². The van der Waals surface area contributed by atoms with Crippen LogP contribution in [0.15, 0.2) is 0 Å². The van der Waals surface area contributed by atoms with Gasteiger partial charge in [-0.3, -0.25) is 3.89 Å². The molecule has 0 saturated carbocycles. The smallest absolute Gasteiger partial charge is 0.0892 e. The van der Waals surface area contributed by atoms with Gasteiger partial charge in [-0.2, -0.15) is 0 Å². The van der Waals surface area contributed by atoms with E-state index in [1.807, 2.05) is 0 Å². The van der Waals surface area contributed by atoms with Crippen LogP contribution in [0.3, 0.4) is 0 Å². The topological polar surface area (TPSA) is 0 Å². The van der Waals surface area contributed by atoms with Crippen LogP contribution < -0.4 is 0 Å². The molecule has 0 amide bonds. The average Bonchev–Trinajstić information content (AvgIpc) is 2.47. The number of likely N-dealkylation sites (tertiary alicyclic amines) is 1. The minimum atomic E-state index is 1.06. The Balaban J connectivity index is 2.05. The Morgan fingerprint density at radius 3 is 2.33 bits per heavy atom. The lowest BCUT2D eigenvalue weighted by molar-refractivity contribution is -0.778. The Labute approximate surface area is 82.3 Å². The SMILES string of the molecule is CCCCCC[N+]1(S)CCCC1. The zero-order chi connectivity index (χ0) is 8.86. The van der Waals surface area contributed by atoms with Crippen molar-refractivity contribution in [2.45, 2.75) is 45.4 Å². The largest absolute Gasteiger partial charge is 0.264 e. The molecule has 0 N–H and O–H groups in total. The fraction of sp³-hybridized carbons (Fsp3) is 1.00. The van der Waals surface area contributed by atoms with Crippen molar-refractivity contribution in [2.24, 2.45) is 0 Å². The third-order valence-corrected chi connectivity index (χ3v) is 3.43. The van der Waals surface area contributed by atoms with E-state index in [9.17, 15) is 0 Å². The third kappa shape index (κ3) is 3.36. The monoisotopic (exact) mass is 188 g/mol. The second-order valence-corrected chi connectivity index (χ2v) is 4.88. The number of hydrogen-bond acceptors (Lipinski definition) is 1. The lowest BCUT2D eigenvalue weighted by Crippen LogP contribution is -2.35. The molecule has 2 heteroatoms. The molecule has 0 unspecified atom stereocenters. The van der Waals surface area contributed by atoms with Gasteiger partial charge in [-0.05, 0) is 12.8 Å². The van der Waals surface area contributed by atoms with Gasteiger partial charge < -0.3 is 0 Å². The highest BCUT2D eigenvalue weighted by molar-refractivity contribution is 7.74. The van der Waals surface area contributed by atoms with E-state index >= 15 is 0 Å². The molecule has 0 aromatic carbocycles. The maximum Gasteiger partial charge on any atom is 0.0892 e. The number of rotatable bonds is 5. The lowest BCUT2D eigenvalue weighted by atomic mass is 10.2. The minimum absolute atomic E-state index is 1.06. The predicted molar refractivity (Wildman–Crippen MR) is 57.2 cm³/mol. The van der Waals surface area contributed by atoms with Crippen molar-refractivity contribution >= 4 is 12.8 Å². The second kappa shape index (κ2) is 5.13. The molecule has 1 nitrogen and oxygen atoms in total. The lowest BCUT2D eigenvalue weighted by Gasteiger charge is -2.25. The number of nitrogens with zero attached hydrogens (tertiary/aromatic N) is 1. The molecule has 1 fully saturated rings. The van der Waals surface area contributed by atoms with Crippen molar-refractivity contribution in [1.29, 1.82) is 0 Å². The zero-order valence-electron chi connectivity index (χ0n) is 8.26. The third-order valence-electron chi connectivity index (χ3n) is 2.83. The van der Waals surface area contributed by atoms with Crippen molar-refractivity contribution in [3.05, 3.63) is 0 Å². The van der Waals surface area contributed by atoms with Crippen LogP contribution in [0.25, 0.3) is 0 Å². The van der Waals surface area contributed by atoms with Crippen molar-refractivity contribution in [1.82, 2.24) is 0 Å². The Bertz CT molecular complexity index is 119. The van der Waals surface area contributed by atoms with E-state index in [-0.39, 0.29) is 0 Å². The van der Waals surface area contributed by atoms with E-state index in [2.05, 4.69) is 6.92 Å². The summed E-state index contributed by atoms with van der Waals surface area (Å²) in [4.78, 5) is 0. The maximum absolute atomic E-state index is 4.72. The van der Waals surface area contributed by atoms with Crippen molar-refractivity contribution < 1.29 is 3.89 Å². The Kier molecular flexibility index (Phi) is 4.44. The van der Waals surface area contributed by atoms with Crippen LogP contribution >= 0.6 is 12.8 Å². The molecule has 0 radical (unpaired) electrons. The fourth-order valence-electron chi connectivity index (χ4n) is 1.98. The molecular weight excluding hydrogens is 166 g/mol. The van der Waals surface area contributed by atoms with Gasteiger partial charge in [0.2, 0.25) is 0 Å². The van der Waals surface area contributed by atoms with E-state index in [0.717, 1.165) is 3.89 Å². The summed E-state index contributed by atoms with van der Waals surface area (Å²) >= 11 is 4.72. The predicted octanol–water partition coefficient (Wildman–Crippen LogP) is 3.02. The highest BCUT2D eigenvalue weighted by Crippen LogP contribution is 2.23. The van der Waals surface area contributed by atoms with Crippen LogP contribution in [0.1, 0.15) is 45.4 Å². The highest BCUT2D eigenvalue weighted by Gasteiger charge is 2.27. The van der Waals surface area contributed by atoms with Crippen LogP contribution in [0.4, 0.5) is 0 Å². The molecule has 1 aliphatic heterocycles. The molecule has 1 rings (SSSR count). The quantitative estimate of drug-likeness (QED) is 0.383. The van der Waals surface area contributed by atoms with E-state index in [4.69, 9.17) is 12.8 Å². The molecule has 1 heterocycles. The van der Waals surface area contributed by atoms with Gasteiger partial charge in [-0.25, -0.2) is 0 Å². The second-order valence-electron chi connectivity index (χ2n) is 4.03. The molecule has 0 spiro atoms. The Hall–Kier alpha value is 0.310. The van der Waals surface area contributed by atoms with Crippen LogP contribution in [0.5, 0.6) is 0 Å². The zero-order valence-corrected chi connectivity index (χ0v) is 9.15. The standard InChI is InChI=1S/C10H22NS/c1-2-3-4-5-8-11(12)9-6-7-10-11/h12H,2-10H2,1H3/q+1. The van der Waals surface area contributed by atoms with E-state index in [1.54, 1.807) is 0 Å². The molecule has 1 saturated heterocycles. The summed E-state index contributed by atoms with van der Waals surface area (Å²) in [6, 6.07) is 0. The number of unbranched alkanes of at least 4 members (excludes halogenated alkanes) is 3. The van der Waals surface area contributed by atoms with Crippen molar-refractivity contribution in [2.75, 3.05) is 19.6 Å². The molecule has 0 bridgehead atoms. The fourth-order valence-corrected chi connectivity index (χ4v) is 2.40. The summed E-state index contributed by atoms with van der Waals surface area (Å²) < 4.78 is 1.06. The highest BCUT2D eigenvalue weighted by atomic mass is 32.1. The number of thiol groups is 1. The summed E-state index contributed by atoms with van der Waals surface area (Å²) in [5.41, 5.74) is 0.